The number of hydrogen-bond donors (Lipinski definition) is 2. The first-order valence-electron chi connectivity index (χ1n) is 6.69. The van der Waals surface area contributed by atoms with Crippen LogP contribution in [0, 0.1) is 0 Å². The van der Waals surface area contributed by atoms with Gasteiger partial charge in [0.05, 0.1) is 5.75 Å². The third-order valence-corrected chi connectivity index (χ3v) is 3.96. The molecule has 2 aromatic rings. The van der Waals surface area contributed by atoms with Gasteiger partial charge in [-0.25, -0.2) is 0 Å². The summed E-state index contributed by atoms with van der Waals surface area (Å²) >= 11 is 1.27. The van der Waals surface area contributed by atoms with Crippen LogP contribution in [0.2, 0.25) is 0 Å². The lowest BCUT2D eigenvalue weighted by Crippen LogP contribution is -2.23. The number of aliphatic hydroxyl groups is 1. The summed E-state index contributed by atoms with van der Waals surface area (Å²) < 4.78 is 38.0. The second-order valence-electron chi connectivity index (χ2n) is 4.68. The topological polar surface area (TPSA) is 49.3 Å². The van der Waals surface area contributed by atoms with E-state index in [0.29, 0.717) is 0 Å². The van der Waals surface area contributed by atoms with Crippen molar-refractivity contribution in [2.45, 2.75) is 17.2 Å². The summed E-state index contributed by atoms with van der Waals surface area (Å²) in [6.45, 7) is 0. The third-order valence-electron chi connectivity index (χ3n) is 2.95. The van der Waals surface area contributed by atoms with Gasteiger partial charge >= 0.3 is 6.18 Å². The van der Waals surface area contributed by atoms with Crippen molar-refractivity contribution in [1.82, 2.24) is 0 Å². The quantitative estimate of drug-likeness (QED) is 0.808. The van der Waals surface area contributed by atoms with E-state index in [-0.39, 0.29) is 17.0 Å². The lowest BCUT2D eigenvalue weighted by Gasteiger charge is -2.18. The predicted molar refractivity (Wildman–Crippen MR) is 83.3 cm³/mol. The van der Waals surface area contributed by atoms with Gasteiger partial charge in [0, 0.05) is 16.1 Å². The van der Waals surface area contributed by atoms with Crippen LogP contribution in [0.25, 0.3) is 0 Å². The number of para-hydroxylation sites is 1. The fourth-order valence-corrected chi connectivity index (χ4v) is 2.60. The number of rotatable bonds is 5. The molecule has 0 bridgehead atoms. The lowest BCUT2D eigenvalue weighted by atomic mass is 10.1. The highest BCUT2D eigenvalue weighted by molar-refractivity contribution is 8.00. The second kappa shape index (κ2) is 7.52. The van der Waals surface area contributed by atoms with Gasteiger partial charge in [0.15, 0.2) is 6.10 Å². The molecule has 0 radical (unpaired) electrons. The Hall–Kier alpha value is -1.99. The van der Waals surface area contributed by atoms with Gasteiger partial charge in [0.2, 0.25) is 5.91 Å². The van der Waals surface area contributed by atoms with E-state index in [0.717, 1.165) is 11.0 Å². The molecule has 0 aliphatic heterocycles. The van der Waals surface area contributed by atoms with Crippen LogP contribution in [0.4, 0.5) is 18.9 Å². The van der Waals surface area contributed by atoms with Gasteiger partial charge in [0.1, 0.15) is 0 Å². The van der Waals surface area contributed by atoms with Gasteiger partial charge in [-0.1, -0.05) is 36.4 Å². The van der Waals surface area contributed by atoms with Gasteiger partial charge in [-0.2, -0.15) is 13.2 Å². The van der Waals surface area contributed by atoms with Gasteiger partial charge in [-0.15, -0.1) is 11.8 Å². The molecule has 1 amide bonds. The Kier molecular flexibility index (Phi) is 5.68. The number of nitrogens with one attached hydrogen (secondary N) is 1. The molecule has 0 saturated heterocycles. The predicted octanol–water partition coefficient (Wildman–Crippen LogP) is 4.01. The van der Waals surface area contributed by atoms with Crippen LogP contribution in [0.1, 0.15) is 11.7 Å². The van der Waals surface area contributed by atoms with Crippen molar-refractivity contribution in [3.63, 3.8) is 0 Å². The summed E-state index contributed by atoms with van der Waals surface area (Å²) in [5.74, 6) is -0.388. The van der Waals surface area contributed by atoms with Crippen molar-refractivity contribution in [2.75, 3.05) is 11.1 Å². The molecule has 2 rings (SSSR count). The number of halogens is 3. The Bertz CT molecular complexity index is 662. The monoisotopic (exact) mass is 341 g/mol. The highest BCUT2D eigenvalue weighted by Crippen LogP contribution is 2.36. The molecule has 0 aliphatic carbocycles. The van der Waals surface area contributed by atoms with Crippen LogP contribution >= 0.6 is 11.8 Å². The van der Waals surface area contributed by atoms with E-state index in [1.54, 1.807) is 0 Å². The van der Waals surface area contributed by atoms with Crippen LogP contribution in [-0.4, -0.2) is 22.9 Å². The molecule has 0 heterocycles. The zero-order valence-electron chi connectivity index (χ0n) is 11.9. The van der Waals surface area contributed by atoms with Crippen molar-refractivity contribution in [1.29, 1.82) is 0 Å². The second-order valence-corrected chi connectivity index (χ2v) is 5.73. The maximum Gasteiger partial charge on any atom is 0.418 e. The zero-order chi connectivity index (χ0) is 16.9. The zero-order valence-corrected chi connectivity index (χ0v) is 12.7. The van der Waals surface area contributed by atoms with Crippen LogP contribution in [0.15, 0.2) is 59.5 Å². The Morgan fingerprint density at radius 2 is 1.70 bits per heavy atom. The highest BCUT2D eigenvalue weighted by Gasteiger charge is 2.40. The van der Waals surface area contributed by atoms with Crippen molar-refractivity contribution in [3.8, 4) is 0 Å². The van der Waals surface area contributed by atoms with E-state index in [2.05, 4.69) is 5.32 Å². The Morgan fingerprint density at radius 3 is 2.35 bits per heavy atom. The number of benzene rings is 2. The average Bonchev–Trinajstić information content (AvgIpc) is 2.53. The molecule has 0 aliphatic rings. The van der Waals surface area contributed by atoms with Crippen LogP contribution in [0.3, 0.4) is 0 Å². The molecule has 23 heavy (non-hydrogen) atoms. The Balaban J connectivity index is 2.04. The van der Waals surface area contributed by atoms with Gasteiger partial charge < -0.3 is 10.4 Å². The number of alkyl halides is 3. The molecule has 0 saturated carbocycles. The normalized spacial score (nSPS) is 12.7. The average molecular weight is 341 g/mol. The van der Waals surface area contributed by atoms with Crippen molar-refractivity contribution >= 4 is 23.4 Å². The molecule has 2 aromatic carbocycles. The first kappa shape index (κ1) is 17.4. The molecule has 2 N–H and O–H groups in total. The van der Waals surface area contributed by atoms with Crippen LogP contribution in [0.5, 0.6) is 0 Å². The molecule has 0 spiro atoms. The van der Waals surface area contributed by atoms with Crippen LogP contribution < -0.4 is 5.32 Å². The number of carbonyl (C=O) groups is 1. The van der Waals surface area contributed by atoms with E-state index >= 15 is 0 Å². The number of hydrogen-bond acceptors (Lipinski definition) is 3. The molecular formula is C16H14F3NO2S. The number of thioether (sulfide) groups is 1. The fraction of sp³-hybridized carbons (Fsp3) is 0.188. The highest BCUT2D eigenvalue weighted by atomic mass is 32.2. The molecule has 1 atom stereocenters. The molecular weight excluding hydrogens is 327 g/mol. The minimum atomic E-state index is -4.79. The minimum Gasteiger partial charge on any atom is -0.379 e. The lowest BCUT2D eigenvalue weighted by molar-refractivity contribution is -0.206. The molecule has 122 valence electrons. The number of carbonyl (C=O) groups excluding carboxylic acids is 1. The van der Waals surface area contributed by atoms with Crippen molar-refractivity contribution in [3.05, 3.63) is 60.2 Å². The largest absolute Gasteiger partial charge is 0.418 e. The maximum atomic E-state index is 12.7. The van der Waals surface area contributed by atoms with Crippen molar-refractivity contribution in [2.24, 2.45) is 0 Å². The Labute approximate surface area is 135 Å². The summed E-state index contributed by atoms with van der Waals surface area (Å²) in [5.41, 5.74) is -0.422. The SMILES string of the molecule is O=C(CSc1ccccc1)Nc1ccccc1[C@@H](O)C(F)(F)F. The molecule has 7 heteroatoms. The molecule has 0 aromatic heterocycles. The fourth-order valence-electron chi connectivity index (χ4n) is 1.88. The van der Waals surface area contributed by atoms with Gasteiger partial charge in [-0.3, -0.25) is 4.79 Å². The number of aliphatic hydroxyl groups excluding tert-OH is 1. The number of amides is 1. The Morgan fingerprint density at radius 1 is 1.09 bits per heavy atom. The van der Waals surface area contributed by atoms with Crippen molar-refractivity contribution < 1.29 is 23.1 Å². The van der Waals surface area contributed by atoms with E-state index in [4.69, 9.17) is 0 Å². The van der Waals surface area contributed by atoms with E-state index < -0.39 is 18.2 Å². The minimum absolute atomic E-state index is 0.0454. The third kappa shape index (κ3) is 5.01. The van der Waals surface area contributed by atoms with E-state index in [1.165, 1.54) is 30.0 Å². The van der Waals surface area contributed by atoms with Gasteiger partial charge in [0.25, 0.3) is 0 Å². The first-order chi connectivity index (χ1) is 10.9. The summed E-state index contributed by atoms with van der Waals surface area (Å²) in [6, 6.07) is 14.5. The van der Waals surface area contributed by atoms with Gasteiger partial charge in [-0.05, 0) is 18.2 Å². The summed E-state index contributed by atoms with van der Waals surface area (Å²) in [6.07, 6.45) is -7.43. The molecule has 3 nitrogen and oxygen atoms in total. The number of anilines is 1. The summed E-state index contributed by atoms with van der Waals surface area (Å²) in [4.78, 5) is 12.8. The molecule has 0 unspecified atom stereocenters. The van der Waals surface area contributed by atoms with E-state index in [1.807, 2.05) is 30.3 Å². The first-order valence-corrected chi connectivity index (χ1v) is 7.68. The van der Waals surface area contributed by atoms with E-state index in [9.17, 15) is 23.1 Å². The molecule has 0 fully saturated rings. The van der Waals surface area contributed by atoms with Crippen LogP contribution in [-0.2, 0) is 4.79 Å². The smallest absolute Gasteiger partial charge is 0.379 e. The summed E-state index contributed by atoms with van der Waals surface area (Å²) in [7, 11) is 0. The standard InChI is InChI=1S/C16H14F3NO2S/c17-16(18,19)15(22)12-8-4-5-9-13(12)20-14(21)10-23-11-6-2-1-3-7-11/h1-9,15,22H,10H2,(H,20,21)/t15-/m1/s1. The maximum absolute atomic E-state index is 12.7. The summed E-state index contributed by atoms with van der Waals surface area (Å²) in [5, 5.41) is 11.8.